The molecule has 0 saturated carbocycles. The van der Waals surface area contributed by atoms with Crippen molar-refractivity contribution in [3.05, 3.63) is 18.3 Å². The van der Waals surface area contributed by atoms with Crippen LogP contribution in [0.15, 0.2) is 23.2 Å². The number of pyridine rings is 1. The van der Waals surface area contributed by atoms with E-state index in [1.54, 1.807) is 6.07 Å². The van der Waals surface area contributed by atoms with Crippen LogP contribution >= 0.6 is 0 Å². The number of fused-ring (bicyclic) bond motifs is 1. The Morgan fingerprint density at radius 2 is 2.18 bits per heavy atom. The summed E-state index contributed by atoms with van der Waals surface area (Å²) in [5.41, 5.74) is 0. The fourth-order valence-electron chi connectivity index (χ4n) is 3.27. The Balaban J connectivity index is 1.83. The van der Waals surface area contributed by atoms with Gasteiger partial charge in [0.2, 0.25) is 0 Å². The van der Waals surface area contributed by atoms with Crippen molar-refractivity contribution in [2.45, 2.75) is 30.4 Å². The number of piperidine rings is 1. The second-order valence-electron chi connectivity index (χ2n) is 5.98. The van der Waals surface area contributed by atoms with Crippen LogP contribution in [0.1, 0.15) is 13.3 Å². The number of likely N-dealkylation sites (tertiary alicyclic amines) is 1. The van der Waals surface area contributed by atoms with E-state index < -0.39 is 9.84 Å². The van der Waals surface area contributed by atoms with Crippen LogP contribution in [-0.4, -0.2) is 69.5 Å². The molecule has 22 heavy (non-hydrogen) atoms. The molecule has 0 aromatic carbocycles. The quantitative estimate of drug-likeness (QED) is 0.818. The van der Waals surface area contributed by atoms with Gasteiger partial charge >= 0.3 is 0 Å². The van der Waals surface area contributed by atoms with Gasteiger partial charge in [0.1, 0.15) is 5.82 Å². The van der Waals surface area contributed by atoms with E-state index in [-0.39, 0.29) is 11.0 Å². The summed E-state index contributed by atoms with van der Waals surface area (Å²) < 4.78 is 29.0. The molecule has 0 N–H and O–H groups in total. The smallest absolute Gasteiger partial charge is 0.177 e. The van der Waals surface area contributed by atoms with Gasteiger partial charge in [-0.2, -0.15) is 0 Å². The topological polar surface area (TPSA) is 62.7 Å². The van der Waals surface area contributed by atoms with E-state index in [2.05, 4.69) is 21.7 Å². The molecule has 3 heterocycles. The number of rotatable bonds is 3. The van der Waals surface area contributed by atoms with Gasteiger partial charge in [-0.25, -0.2) is 13.4 Å². The number of aromatic nitrogens is 1. The highest BCUT2D eigenvalue weighted by Gasteiger charge is 2.37. The molecule has 2 fully saturated rings. The molecule has 2 aliphatic rings. The molecular weight excluding hydrogens is 302 g/mol. The van der Waals surface area contributed by atoms with E-state index in [0.717, 1.165) is 38.4 Å². The molecule has 3 rings (SSSR count). The predicted octanol–water partition coefficient (Wildman–Crippen LogP) is 0.784. The zero-order valence-electron chi connectivity index (χ0n) is 13.1. The number of likely N-dealkylation sites (N-methyl/N-ethyl adjacent to an activating group) is 1. The van der Waals surface area contributed by atoms with Crippen molar-refractivity contribution in [1.82, 2.24) is 9.88 Å². The van der Waals surface area contributed by atoms with Crippen LogP contribution < -0.4 is 4.90 Å². The number of hydrogen-bond acceptors (Lipinski definition) is 6. The zero-order valence-corrected chi connectivity index (χ0v) is 13.9. The predicted molar refractivity (Wildman–Crippen MR) is 85.0 cm³/mol. The van der Waals surface area contributed by atoms with Gasteiger partial charge in [-0.15, -0.1) is 0 Å². The van der Waals surface area contributed by atoms with Gasteiger partial charge < -0.3 is 14.5 Å². The second-order valence-corrected chi connectivity index (χ2v) is 7.99. The number of morpholine rings is 1. The van der Waals surface area contributed by atoms with Crippen LogP contribution in [0.2, 0.25) is 0 Å². The van der Waals surface area contributed by atoms with E-state index in [9.17, 15) is 8.42 Å². The summed E-state index contributed by atoms with van der Waals surface area (Å²) in [7, 11) is -3.20. The van der Waals surface area contributed by atoms with Crippen molar-refractivity contribution < 1.29 is 13.2 Å². The van der Waals surface area contributed by atoms with Crippen molar-refractivity contribution in [3.63, 3.8) is 0 Å². The van der Waals surface area contributed by atoms with E-state index in [0.29, 0.717) is 12.6 Å². The molecule has 2 aliphatic heterocycles. The summed E-state index contributed by atoms with van der Waals surface area (Å²) in [5, 5.41) is 0. The van der Waals surface area contributed by atoms with Gasteiger partial charge in [0.15, 0.2) is 9.84 Å². The summed E-state index contributed by atoms with van der Waals surface area (Å²) in [6.07, 6.45) is 3.94. The minimum atomic E-state index is -3.20. The van der Waals surface area contributed by atoms with Crippen molar-refractivity contribution >= 4 is 15.7 Å². The maximum absolute atomic E-state index is 11.6. The normalized spacial score (nSPS) is 26.7. The number of sulfone groups is 1. The fourth-order valence-corrected chi connectivity index (χ4v) is 3.83. The minimum absolute atomic E-state index is 0.243. The SMILES string of the molecule is CCN1CC[C@H]2OCCN(c3ccc(S(C)(=O)=O)cn3)[C@H]2C1. The van der Waals surface area contributed by atoms with Crippen LogP contribution in [-0.2, 0) is 14.6 Å². The molecule has 122 valence electrons. The van der Waals surface area contributed by atoms with E-state index in [1.807, 2.05) is 6.07 Å². The van der Waals surface area contributed by atoms with Gasteiger partial charge in [-0.05, 0) is 25.1 Å². The summed E-state index contributed by atoms with van der Waals surface area (Å²) in [4.78, 5) is 9.34. The first-order valence-corrected chi connectivity index (χ1v) is 9.65. The number of anilines is 1. The minimum Gasteiger partial charge on any atom is -0.374 e. The van der Waals surface area contributed by atoms with Crippen LogP contribution in [0.3, 0.4) is 0 Å². The first kappa shape index (κ1) is 15.7. The first-order valence-electron chi connectivity index (χ1n) is 7.75. The number of nitrogens with zero attached hydrogens (tertiary/aromatic N) is 3. The molecule has 0 bridgehead atoms. The third-order valence-corrected chi connectivity index (χ3v) is 5.66. The standard InChI is InChI=1S/C15H23N3O3S/c1-3-17-7-6-14-13(11-17)18(8-9-21-14)15-5-4-12(10-16-15)22(2,19)20/h4-5,10,13-14H,3,6-9,11H2,1-2H3/t13-,14+/m0/s1. The maximum atomic E-state index is 11.6. The van der Waals surface area contributed by atoms with Crippen LogP contribution in [0.4, 0.5) is 5.82 Å². The Morgan fingerprint density at radius 1 is 1.36 bits per heavy atom. The van der Waals surface area contributed by atoms with Crippen molar-refractivity contribution in [1.29, 1.82) is 0 Å². The largest absolute Gasteiger partial charge is 0.374 e. The Morgan fingerprint density at radius 3 is 2.82 bits per heavy atom. The number of ether oxygens (including phenoxy) is 1. The molecule has 2 atom stereocenters. The lowest BCUT2D eigenvalue weighted by molar-refractivity contribution is -0.0281. The Hall–Kier alpha value is -1.18. The highest BCUT2D eigenvalue weighted by Crippen LogP contribution is 2.27. The molecule has 0 aliphatic carbocycles. The molecule has 2 saturated heterocycles. The van der Waals surface area contributed by atoms with Crippen molar-refractivity contribution in [2.24, 2.45) is 0 Å². The lowest BCUT2D eigenvalue weighted by Crippen LogP contribution is -2.60. The number of hydrogen-bond donors (Lipinski definition) is 0. The van der Waals surface area contributed by atoms with Crippen LogP contribution in [0.25, 0.3) is 0 Å². The van der Waals surface area contributed by atoms with E-state index in [4.69, 9.17) is 4.74 Å². The second kappa shape index (κ2) is 6.14. The van der Waals surface area contributed by atoms with Crippen molar-refractivity contribution in [2.75, 3.05) is 43.9 Å². The average Bonchev–Trinajstić information content (AvgIpc) is 2.53. The average molecular weight is 325 g/mol. The van der Waals surface area contributed by atoms with Gasteiger partial charge in [0, 0.05) is 32.1 Å². The van der Waals surface area contributed by atoms with Crippen LogP contribution in [0.5, 0.6) is 0 Å². The van der Waals surface area contributed by atoms with E-state index >= 15 is 0 Å². The molecule has 1 aromatic rings. The summed E-state index contributed by atoms with van der Waals surface area (Å²) in [6, 6.07) is 3.74. The van der Waals surface area contributed by atoms with E-state index in [1.165, 1.54) is 12.5 Å². The molecule has 1 aromatic heterocycles. The molecule has 0 amide bonds. The van der Waals surface area contributed by atoms with Gasteiger partial charge in [-0.3, -0.25) is 0 Å². The highest BCUT2D eigenvalue weighted by molar-refractivity contribution is 7.90. The Labute approximate surface area is 132 Å². The summed E-state index contributed by atoms with van der Waals surface area (Å²) in [5.74, 6) is 0.837. The lowest BCUT2D eigenvalue weighted by Gasteiger charge is -2.47. The summed E-state index contributed by atoms with van der Waals surface area (Å²) in [6.45, 7) is 6.75. The highest BCUT2D eigenvalue weighted by atomic mass is 32.2. The van der Waals surface area contributed by atoms with Crippen molar-refractivity contribution in [3.8, 4) is 0 Å². The summed E-state index contributed by atoms with van der Waals surface area (Å²) >= 11 is 0. The lowest BCUT2D eigenvalue weighted by atomic mass is 9.98. The molecule has 6 nitrogen and oxygen atoms in total. The zero-order chi connectivity index (χ0) is 15.7. The Bertz CT molecular complexity index is 617. The fraction of sp³-hybridized carbons (Fsp3) is 0.667. The van der Waals surface area contributed by atoms with Gasteiger partial charge in [-0.1, -0.05) is 6.92 Å². The molecule has 0 radical (unpaired) electrons. The van der Waals surface area contributed by atoms with Gasteiger partial charge in [0.05, 0.1) is 23.6 Å². The van der Waals surface area contributed by atoms with Gasteiger partial charge in [0.25, 0.3) is 0 Å². The third kappa shape index (κ3) is 3.11. The maximum Gasteiger partial charge on any atom is 0.177 e. The van der Waals surface area contributed by atoms with Crippen LogP contribution in [0, 0.1) is 0 Å². The molecule has 0 unspecified atom stereocenters. The molecular formula is C15H23N3O3S. The first-order chi connectivity index (χ1) is 10.5. The molecule has 0 spiro atoms. The Kier molecular flexibility index (Phi) is 4.38. The monoisotopic (exact) mass is 325 g/mol. The molecule has 7 heteroatoms. The third-order valence-electron chi connectivity index (χ3n) is 4.56.